The molecule has 1 atom stereocenters. The predicted octanol–water partition coefficient (Wildman–Crippen LogP) is 2.97. The molecule has 1 rings (SSSR count). The van der Waals surface area contributed by atoms with Gasteiger partial charge in [0.05, 0.1) is 25.0 Å². The Hall–Kier alpha value is -2.22. The molecule has 0 fully saturated rings. The van der Waals surface area contributed by atoms with E-state index < -0.39 is 5.92 Å². The van der Waals surface area contributed by atoms with Crippen LogP contribution in [-0.2, 0) is 4.79 Å². The fraction of sp³-hybridized carbons (Fsp3) is 0.467. The van der Waals surface area contributed by atoms with Crippen LogP contribution in [0.4, 0.5) is 5.69 Å². The van der Waals surface area contributed by atoms with Gasteiger partial charge in [-0.2, -0.15) is 5.26 Å². The number of nitriles is 1. The summed E-state index contributed by atoms with van der Waals surface area (Å²) in [4.78, 5) is 12.0. The van der Waals surface area contributed by atoms with E-state index in [0.717, 1.165) is 0 Å². The molecule has 0 aliphatic carbocycles. The van der Waals surface area contributed by atoms with Crippen LogP contribution in [0, 0.1) is 17.2 Å². The van der Waals surface area contributed by atoms with Gasteiger partial charge in [0.15, 0.2) is 0 Å². The van der Waals surface area contributed by atoms with E-state index >= 15 is 0 Å². The molecule has 0 heterocycles. The van der Waals surface area contributed by atoms with Gasteiger partial charge in [-0.3, -0.25) is 4.79 Å². The monoisotopic (exact) mass is 276 g/mol. The van der Waals surface area contributed by atoms with Crippen LogP contribution in [0.2, 0.25) is 0 Å². The minimum absolute atomic E-state index is 0.329. The molecule has 0 bridgehead atoms. The maximum Gasteiger partial charge on any atom is 0.241 e. The number of hydrogen-bond donors (Lipinski definition) is 1. The second-order valence-corrected chi connectivity index (χ2v) is 4.10. The number of benzene rings is 1. The SMILES string of the molecule is CCOc1ccc(OCC)c(NC(=O)C(C#N)CC)c1. The van der Waals surface area contributed by atoms with E-state index in [4.69, 9.17) is 14.7 Å². The Kier molecular flexibility index (Phi) is 6.38. The minimum atomic E-state index is -0.666. The molecule has 5 heteroatoms. The zero-order valence-corrected chi connectivity index (χ0v) is 12.1. The topological polar surface area (TPSA) is 71.3 Å². The first-order valence-electron chi connectivity index (χ1n) is 6.76. The van der Waals surface area contributed by atoms with Crippen molar-refractivity contribution in [1.82, 2.24) is 0 Å². The molecule has 1 N–H and O–H groups in total. The van der Waals surface area contributed by atoms with Gasteiger partial charge in [0.1, 0.15) is 17.4 Å². The summed E-state index contributed by atoms with van der Waals surface area (Å²) in [6.07, 6.45) is 0.470. The lowest BCUT2D eigenvalue weighted by Crippen LogP contribution is -2.21. The second-order valence-electron chi connectivity index (χ2n) is 4.10. The molecule has 0 saturated heterocycles. The Bertz CT molecular complexity index is 494. The van der Waals surface area contributed by atoms with Gasteiger partial charge in [0.25, 0.3) is 0 Å². The van der Waals surface area contributed by atoms with Crippen LogP contribution in [0.3, 0.4) is 0 Å². The Morgan fingerprint density at radius 3 is 2.55 bits per heavy atom. The number of carbonyl (C=O) groups excluding carboxylic acids is 1. The average Bonchev–Trinajstić information content (AvgIpc) is 2.43. The van der Waals surface area contributed by atoms with Crippen molar-refractivity contribution in [1.29, 1.82) is 5.26 Å². The quantitative estimate of drug-likeness (QED) is 0.831. The zero-order chi connectivity index (χ0) is 15.0. The van der Waals surface area contributed by atoms with Gasteiger partial charge >= 0.3 is 0 Å². The summed E-state index contributed by atoms with van der Waals surface area (Å²) in [6, 6.07) is 7.21. The van der Waals surface area contributed by atoms with Gasteiger partial charge in [-0.1, -0.05) is 6.92 Å². The van der Waals surface area contributed by atoms with Crippen LogP contribution in [0.1, 0.15) is 27.2 Å². The van der Waals surface area contributed by atoms with Gasteiger partial charge in [-0.05, 0) is 32.4 Å². The van der Waals surface area contributed by atoms with E-state index in [0.29, 0.717) is 36.8 Å². The number of nitrogens with zero attached hydrogens (tertiary/aromatic N) is 1. The highest BCUT2D eigenvalue weighted by atomic mass is 16.5. The standard InChI is InChI=1S/C15H20N2O3/c1-4-11(10-16)15(18)17-13-9-12(19-5-2)7-8-14(13)20-6-3/h7-9,11H,4-6H2,1-3H3,(H,17,18). The van der Waals surface area contributed by atoms with E-state index in [-0.39, 0.29) is 5.91 Å². The van der Waals surface area contributed by atoms with E-state index in [9.17, 15) is 4.79 Å². The van der Waals surface area contributed by atoms with Gasteiger partial charge < -0.3 is 14.8 Å². The van der Waals surface area contributed by atoms with Crippen molar-refractivity contribution in [2.75, 3.05) is 18.5 Å². The van der Waals surface area contributed by atoms with E-state index in [1.54, 1.807) is 25.1 Å². The van der Waals surface area contributed by atoms with E-state index in [2.05, 4.69) is 5.32 Å². The Morgan fingerprint density at radius 2 is 2.00 bits per heavy atom. The number of amides is 1. The summed E-state index contributed by atoms with van der Waals surface area (Å²) in [7, 11) is 0. The normalized spacial score (nSPS) is 11.3. The highest BCUT2D eigenvalue weighted by molar-refractivity contribution is 5.95. The maximum atomic E-state index is 12.0. The summed E-state index contributed by atoms with van der Waals surface area (Å²) in [5.74, 6) is 0.221. The van der Waals surface area contributed by atoms with Crippen molar-refractivity contribution >= 4 is 11.6 Å². The molecule has 0 saturated carbocycles. The first kappa shape index (κ1) is 15.8. The van der Waals surface area contributed by atoms with Crippen LogP contribution < -0.4 is 14.8 Å². The fourth-order valence-electron chi connectivity index (χ4n) is 1.70. The lowest BCUT2D eigenvalue weighted by Gasteiger charge is -2.14. The van der Waals surface area contributed by atoms with Crippen LogP contribution in [0.15, 0.2) is 18.2 Å². The van der Waals surface area contributed by atoms with Crippen LogP contribution in [-0.4, -0.2) is 19.1 Å². The van der Waals surface area contributed by atoms with Gasteiger partial charge in [0.2, 0.25) is 5.91 Å². The van der Waals surface area contributed by atoms with Crippen molar-refractivity contribution in [3.63, 3.8) is 0 Å². The highest BCUT2D eigenvalue weighted by Crippen LogP contribution is 2.30. The molecule has 0 aliphatic heterocycles. The lowest BCUT2D eigenvalue weighted by molar-refractivity contribution is -0.118. The molecule has 108 valence electrons. The Morgan fingerprint density at radius 1 is 1.30 bits per heavy atom. The number of anilines is 1. The van der Waals surface area contributed by atoms with Gasteiger partial charge in [-0.25, -0.2) is 0 Å². The molecule has 1 amide bonds. The smallest absolute Gasteiger partial charge is 0.241 e. The Balaban J connectivity index is 2.97. The molecule has 0 aromatic heterocycles. The predicted molar refractivity (Wildman–Crippen MR) is 76.8 cm³/mol. The van der Waals surface area contributed by atoms with E-state index in [1.807, 2.05) is 19.9 Å². The largest absolute Gasteiger partial charge is 0.494 e. The van der Waals surface area contributed by atoms with Gasteiger partial charge in [-0.15, -0.1) is 0 Å². The molecule has 0 radical (unpaired) electrons. The number of hydrogen-bond acceptors (Lipinski definition) is 4. The zero-order valence-electron chi connectivity index (χ0n) is 12.1. The number of rotatable bonds is 7. The summed E-state index contributed by atoms with van der Waals surface area (Å²) in [5, 5.41) is 11.6. The van der Waals surface area contributed by atoms with Crippen LogP contribution >= 0.6 is 0 Å². The fourth-order valence-corrected chi connectivity index (χ4v) is 1.70. The van der Waals surface area contributed by atoms with Crippen LogP contribution in [0.5, 0.6) is 11.5 Å². The third-order valence-electron chi connectivity index (χ3n) is 2.70. The van der Waals surface area contributed by atoms with Crippen molar-refractivity contribution in [2.24, 2.45) is 5.92 Å². The molecule has 5 nitrogen and oxygen atoms in total. The van der Waals surface area contributed by atoms with Crippen LogP contribution in [0.25, 0.3) is 0 Å². The Labute approximate surface area is 119 Å². The van der Waals surface area contributed by atoms with Crippen molar-refractivity contribution in [3.8, 4) is 17.6 Å². The molecule has 0 aliphatic rings. The number of ether oxygens (including phenoxy) is 2. The molecular weight excluding hydrogens is 256 g/mol. The average molecular weight is 276 g/mol. The lowest BCUT2D eigenvalue weighted by atomic mass is 10.1. The molecule has 1 aromatic carbocycles. The highest BCUT2D eigenvalue weighted by Gasteiger charge is 2.17. The van der Waals surface area contributed by atoms with Crippen molar-refractivity contribution in [3.05, 3.63) is 18.2 Å². The maximum absolute atomic E-state index is 12.0. The molecule has 20 heavy (non-hydrogen) atoms. The third-order valence-corrected chi connectivity index (χ3v) is 2.70. The molecular formula is C15H20N2O3. The summed E-state index contributed by atoms with van der Waals surface area (Å²) < 4.78 is 10.9. The molecule has 1 aromatic rings. The number of nitrogens with one attached hydrogen (secondary N) is 1. The molecule has 1 unspecified atom stereocenters. The summed E-state index contributed by atoms with van der Waals surface area (Å²) in [5.41, 5.74) is 0.525. The number of carbonyl (C=O) groups is 1. The summed E-state index contributed by atoms with van der Waals surface area (Å²) >= 11 is 0. The first-order chi connectivity index (χ1) is 9.65. The van der Waals surface area contributed by atoms with Crippen molar-refractivity contribution in [2.45, 2.75) is 27.2 Å². The van der Waals surface area contributed by atoms with E-state index in [1.165, 1.54) is 0 Å². The van der Waals surface area contributed by atoms with Crippen molar-refractivity contribution < 1.29 is 14.3 Å². The summed E-state index contributed by atoms with van der Waals surface area (Å²) in [6.45, 7) is 6.58. The minimum Gasteiger partial charge on any atom is -0.494 e. The molecule has 0 spiro atoms. The second kappa shape index (κ2) is 8.05. The first-order valence-corrected chi connectivity index (χ1v) is 6.76. The van der Waals surface area contributed by atoms with Gasteiger partial charge in [0, 0.05) is 6.07 Å². The third kappa shape index (κ3) is 4.16.